The van der Waals surface area contributed by atoms with Crippen molar-refractivity contribution >= 4 is 29.1 Å². The van der Waals surface area contributed by atoms with Crippen molar-refractivity contribution in [2.45, 2.75) is 50.3 Å². The number of quaternary nitrogens is 1. The van der Waals surface area contributed by atoms with Crippen LogP contribution in [0.1, 0.15) is 43.9 Å². The zero-order valence-electron chi connectivity index (χ0n) is 20.5. The number of halogens is 1. The van der Waals surface area contributed by atoms with Crippen molar-refractivity contribution in [3.05, 3.63) is 58.1 Å². The van der Waals surface area contributed by atoms with E-state index in [1.807, 2.05) is 25.2 Å². The fraction of sp³-hybridized carbons (Fsp3) is 0.462. The van der Waals surface area contributed by atoms with Crippen LogP contribution in [0.2, 0.25) is 5.02 Å². The summed E-state index contributed by atoms with van der Waals surface area (Å²) in [4.78, 5) is 27.4. The first-order chi connectivity index (χ1) is 15.9. The van der Waals surface area contributed by atoms with Gasteiger partial charge >= 0.3 is 0 Å². The van der Waals surface area contributed by atoms with Gasteiger partial charge in [-0.1, -0.05) is 38.4 Å². The molecule has 2 aliphatic heterocycles. The summed E-state index contributed by atoms with van der Waals surface area (Å²) in [5.41, 5.74) is 1.40. The molecule has 2 aromatic rings. The number of rotatable bonds is 4. The van der Waals surface area contributed by atoms with E-state index in [0.29, 0.717) is 27.6 Å². The lowest BCUT2D eigenvalue weighted by atomic mass is 9.76. The molecule has 7 nitrogen and oxygen atoms in total. The van der Waals surface area contributed by atoms with Crippen molar-refractivity contribution in [3.63, 3.8) is 0 Å². The molecule has 0 radical (unpaired) electrons. The number of likely N-dealkylation sites (N-methyl/N-ethyl adjacent to an activating group) is 2. The van der Waals surface area contributed by atoms with Gasteiger partial charge in [0.2, 0.25) is 5.54 Å². The van der Waals surface area contributed by atoms with Crippen LogP contribution in [-0.4, -0.2) is 61.3 Å². The Morgan fingerprint density at radius 2 is 1.94 bits per heavy atom. The van der Waals surface area contributed by atoms with E-state index >= 15 is 0 Å². The van der Waals surface area contributed by atoms with Crippen molar-refractivity contribution < 1.29 is 23.9 Å². The summed E-state index contributed by atoms with van der Waals surface area (Å²) in [5, 5.41) is 17.1. The number of anilines is 1. The summed E-state index contributed by atoms with van der Waals surface area (Å²) < 4.78 is 5.77. The van der Waals surface area contributed by atoms with E-state index in [0.717, 1.165) is 5.56 Å². The summed E-state index contributed by atoms with van der Waals surface area (Å²) in [6.45, 7) is 6.52. The van der Waals surface area contributed by atoms with Gasteiger partial charge in [-0.25, -0.2) is 0 Å². The van der Waals surface area contributed by atoms with Gasteiger partial charge in [0.25, 0.3) is 11.8 Å². The van der Waals surface area contributed by atoms with Crippen LogP contribution in [-0.2, 0) is 20.5 Å². The van der Waals surface area contributed by atoms with Crippen molar-refractivity contribution in [3.8, 4) is 5.75 Å². The highest BCUT2D eigenvalue weighted by molar-refractivity contribution is 6.31. The fourth-order valence-corrected chi connectivity index (χ4v) is 5.97. The Bertz CT molecular complexity index is 1160. The Balaban J connectivity index is 2.15. The van der Waals surface area contributed by atoms with E-state index in [-0.39, 0.29) is 34.7 Å². The monoisotopic (exact) mass is 486 g/mol. The number of amides is 2. The van der Waals surface area contributed by atoms with Gasteiger partial charge in [0.1, 0.15) is 18.4 Å². The molecule has 0 aliphatic carbocycles. The van der Waals surface area contributed by atoms with Crippen molar-refractivity contribution in [2.75, 3.05) is 33.1 Å². The molecule has 4 atom stereocenters. The standard InChI is InChI=1S/C26H32ClN3O4/c1-25(2,3)15-7-10-22(34-6)19(11-15)26(18-12-16(27)8-9-20(18)29-24(26)33)30(5)14-17(31)13-21(30)23(32)28-4/h7-12,17,21,31H,13-14H2,1-6H3,(H-,28,29,32,33)/p+1/t17-,21+,26?,30?/m1/s1. The Morgan fingerprint density at radius 1 is 1.24 bits per heavy atom. The van der Waals surface area contributed by atoms with Crippen LogP contribution >= 0.6 is 11.6 Å². The number of hydrogen-bond acceptors (Lipinski definition) is 4. The van der Waals surface area contributed by atoms with Crippen LogP contribution in [0, 0.1) is 0 Å². The zero-order valence-corrected chi connectivity index (χ0v) is 21.3. The number of methoxy groups -OCH3 is 1. The highest BCUT2D eigenvalue weighted by atomic mass is 35.5. The predicted octanol–water partition coefficient (Wildman–Crippen LogP) is 3.17. The van der Waals surface area contributed by atoms with Gasteiger partial charge in [-0.15, -0.1) is 0 Å². The summed E-state index contributed by atoms with van der Waals surface area (Å²) in [6, 6.07) is 10.5. The van der Waals surface area contributed by atoms with Crippen molar-refractivity contribution in [1.82, 2.24) is 5.32 Å². The van der Waals surface area contributed by atoms with E-state index in [4.69, 9.17) is 16.3 Å². The first-order valence-electron chi connectivity index (χ1n) is 11.5. The second-order valence-electron chi connectivity index (χ2n) is 10.5. The van der Waals surface area contributed by atoms with Gasteiger partial charge in [0.15, 0.2) is 6.04 Å². The molecule has 2 aromatic carbocycles. The van der Waals surface area contributed by atoms with E-state index in [2.05, 4.69) is 31.4 Å². The van der Waals surface area contributed by atoms with Crippen LogP contribution in [0.25, 0.3) is 0 Å². The van der Waals surface area contributed by atoms with Crippen LogP contribution in [0.3, 0.4) is 0 Å². The highest BCUT2D eigenvalue weighted by Gasteiger charge is 2.69. The maximum Gasteiger partial charge on any atom is 0.295 e. The van der Waals surface area contributed by atoms with Gasteiger partial charge in [0.05, 0.1) is 31.0 Å². The molecule has 0 bridgehead atoms. The van der Waals surface area contributed by atoms with Crippen molar-refractivity contribution in [1.29, 1.82) is 0 Å². The smallest absolute Gasteiger partial charge is 0.295 e. The molecule has 0 saturated carbocycles. The maximum absolute atomic E-state index is 14.2. The van der Waals surface area contributed by atoms with E-state index in [9.17, 15) is 14.7 Å². The number of benzene rings is 2. The molecule has 2 aliphatic rings. The summed E-state index contributed by atoms with van der Waals surface area (Å²) in [5.74, 6) is 0.0275. The molecule has 2 unspecified atom stereocenters. The Labute approximate surface area is 205 Å². The molecule has 0 aromatic heterocycles. The van der Waals surface area contributed by atoms with E-state index in [1.165, 1.54) is 0 Å². The number of carbonyl (C=O) groups excluding carboxylic acids is 2. The number of likely N-dealkylation sites (tertiary alicyclic amines) is 1. The molecule has 2 amide bonds. The Kier molecular flexibility index (Phi) is 5.95. The average molecular weight is 487 g/mol. The topological polar surface area (TPSA) is 87.7 Å². The third-order valence-electron chi connectivity index (χ3n) is 7.49. The molecule has 3 N–H and O–H groups in total. The van der Waals surface area contributed by atoms with Gasteiger partial charge in [-0.05, 0) is 41.3 Å². The molecular weight excluding hydrogens is 454 g/mol. The fourth-order valence-electron chi connectivity index (χ4n) is 5.80. The minimum Gasteiger partial charge on any atom is -0.496 e. The molecule has 182 valence electrons. The van der Waals surface area contributed by atoms with Crippen molar-refractivity contribution in [2.24, 2.45) is 0 Å². The Hall–Kier alpha value is -2.61. The van der Waals surface area contributed by atoms with Crippen LogP contribution < -0.4 is 15.4 Å². The highest BCUT2D eigenvalue weighted by Crippen LogP contribution is 2.55. The summed E-state index contributed by atoms with van der Waals surface area (Å²) in [6.07, 6.45) is -0.514. The van der Waals surface area contributed by atoms with Gasteiger partial charge < -0.3 is 20.5 Å². The van der Waals surface area contributed by atoms with Gasteiger partial charge in [-0.3, -0.25) is 14.1 Å². The van der Waals surface area contributed by atoms with E-state index in [1.54, 1.807) is 32.4 Å². The SMILES string of the molecule is CNC(=O)[C@@H]1C[C@@H](O)C[N+]1(C)C1(c2cc(C(C)(C)C)ccc2OC)C(=O)Nc2ccc(Cl)cc21. The molecule has 34 heavy (non-hydrogen) atoms. The van der Waals surface area contributed by atoms with Crippen LogP contribution in [0.15, 0.2) is 36.4 Å². The normalized spacial score (nSPS) is 28.4. The molecule has 8 heteroatoms. The lowest BCUT2D eigenvalue weighted by Gasteiger charge is -2.48. The van der Waals surface area contributed by atoms with Gasteiger partial charge in [-0.2, -0.15) is 0 Å². The lowest BCUT2D eigenvalue weighted by Crippen LogP contribution is -2.68. The molecule has 1 fully saturated rings. The third kappa shape index (κ3) is 3.41. The number of aliphatic hydroxyl groups excluding tert-OH is 1. The summed E-state index contributed by atoms with van der Waals surface area (Å²) in [7, 11) is 5.02. The molecular formula is C26H33ClN3O4+. The maximum atomic E-state index is 14.2. The molecule has 4 rings (SSSR count). The zero-order chi connectivity index (χ0) is 25.1. The molecule has 1 saturated heterocycles. The van der Waals surface area contributed by atoms with E-state index < -0.39 is 17.7 Å². The second-order valence-corrected chi connectivity index (χ2v) is 10.9. The van der Waals surface area contributed by atoms with Crippen LogP contribution in [0.4, 0.5) is 5.69 Å². The first kappa shape index (κ1) is 24.5. The van der Waals surface area contributed by atoms with Crippen LogP contribution in [0.5, 0.6) is 5.75 Å². The largest absolute Gasteiger partial charge is 0.496 e. The first-order valence-corrected chi connectivity index (χ1v) is 11.8. The number of aliphatic hydroxyl groups is 1. The number of hydrogen-bond donors (Lipinski definition) is 3. The predicted molar refractivity (Wildman–Crippen MR) is 132 cm³/mol. The number of nitrogens with zero attached hydrogens (tertiary/aromatic N) is 1. The lowest BCUT2D eigenvalue weighted by molar-refractivity contribution is -0.953. The number of fused-ring (bicyclic) bond motifs is 1. The minimum absolute atomic E-state index is 0.0447. The number of carbonyl (C=O) groups is 2. The summed E-state index contributed by atoms with van der Waals surface area (Å²) >= 11 is 6.46. The Morgan fingerprint density at radius 3 is 2.56 bits per heavy atom. The quantitative estimate of drug-likeness (QED) is 0.579. The molecule has 2 heterocycles. The average Bonchev–Trinajstić information content (AvgIpc) is 3.25. The number of ether oxygens (including phenoxy) is 1. The third-order valence-corrected chi connectivity index (χ3v) is 7.73. The second kappa shape index (κ2) is 8.26. The molecule has 0 spiro atoms. The minimum atomic E-state index is -1.37. The number of nitrogens with one attached hydrogen (secondary N) is 2. The van der Waals surface area contributed by atoms with Gasteiger partial charge in [0, 0.05) is 18.5 Å².